The second-order valence-electron chi connectivity index (χ2n) is 6.38. The molecule has 25 heavy (non-hydrogen) atoms. The van der Waals surface area contributed by atoms with E-state index in [1.807, 2.05) is 24.1 Å². The van der Waals surface area contributed by atoms with E-state index < -0.39 is 17.7 Å². The number of hydrogen-bond donors (Lipinski definition) is 1. The predicted molar refractivity (Wildman–Crippen MR) is 91.2 cm³/mol. The summed E-state index contributed by atoms with van der Waals surface area (Å²) in [7, 11) is 1.99. The zero-order valence-corrected chi connectivity index (χ0v) is 14.1. The lowest BCUT2D eigenvalue weighted by Gasteiger charge is -2.37. The summed E-state index contributed by atoms with van der Waals surface area (Å²) in [6.07, 6.45) is 2.25. The number of piperidine rings is 1. The summed E-state index contributed by atoms with van der Waals surface area (Å²) in [5.41, 5.74) is -0.249. The number of likely N-dealkylation sites (tertiary alicyclic amines) is 1. The van der Waals surface area contributed by atoms with E-state index in [1.165, 1.54) is 18.2 Å². The van der Waals surface area contributed by atoms with Crippen molar-refractivity contribution in [3.8, 4) is 0 Å². The van der Waals surface area contributed by atoms with Crippen molar-refractivity contribution < 1.29 is 13.9 Å². The molecular weight excluding hydrogens is 326 g/mol. The summed E-state index contributed by atoms with van der Waals surface area (Å²) >= 11 is 0. The van der Waals surface area contributed by atoms with E-state index in [4.69, 9.17) is 0 Å². The molecule has 0 saturated carbocycles. The minimum Gasteiger partial charge on any atom is -0.387 e. The average molecular weight is 348 g/mol. The topological polar surface area (TPSA) is 52.5 Å². The number of anilines is 1. The number of halogens is 2. The van der Waals surface area contributed by atoms with E-state index in [9.17, 15) is 13.9 Å². The minimum absolute atomic E-state index is 0.222. The largest absolute Gasteiger partial charge is 0.387 e. The molecule has 1 aliphatic rings. The van der Waals surface area contributed by atoms with Crippen LogP contribution in [0.25, 0.3) is 0 Å². The minimum atomic E-state index is -1.17. The molecule has 0 radical (unpaired) electrons. The van der Waals surface area contributed by atoms with Gasteiger partial charge in [-0.15, -0.1) is 5.10 Å². The number of aliphatic hydroxyl groups is 1. The van der Waals surface area contributed by atoms with Crippen molar-refractivity contribution >= 4 is 5.82 Å². The van der Waals surface area contributed by atoms with Crippen LogP contribution >= 0.6 is 0 Å². The van der Waals surface area contributed by atoms with Gasteiger partial charge in [-0.2, -0.15) is 5.10 Å². The fourth-order valence-electron chi connectivity index (χ4n) is 3.32. The Morgan fingerprint density at radius 1 is 1.20 bits per heavy atom. The lowest BCUT2D eigenvalue weighted by atomic mass is 10.0. The summed E-state index contributed by atoms with van der Waals surface area (Å²) in [4.78, 5) is 4.15. The Bertz CT molecular complexity index is 672. The quantitative estimate of drug-likeness (QED) is 0.899. The Kier molecular flexibility index (Phi) is 5.55. The fraction of sp³-hybridized carbons (Fsp3) is 0.444. The van der Waals surface area contributed by atoms with Crippen LogP contribution in [0.2, 0.25) is 0 Å². The molecule has 1 aromatic carbocycles. The SMILES string of the molecule is CN(c1cccnn1)C1CCN(CC(O)c2c(F)cccc2F)CC1. The number of aliphatic hydroxyl groups excluding tert-OH is 1. The molecule has 0 aliphatic carbocycles. The zero-order chi connectivity index (χ0) is 17.8. The van der Waals surface area contributed by atoms with Gasteiger partial charge in [0.25, 0.3) is 0 Å². The Labute approximate surface area is 145 Å². The Balaban J connectivity index is 1.56. The molecular formula is C18H22F2N4O. The van der Waals surface area contributed by atoms with Crippen LogP contribution in [0.5, 0.6) is 0 Å². The average Bonchev–Trinajstić information content (AvgIpc) is 2.62. The van der Waals surface area contributed by atoms with Gasteiger partial charge in [0.2, 0.25) is 0 Å². The van der Waals surface area contributed by atoms with E-state index in [1.54, 1.807) is 6.20 Å². The molecule has 2 heterocycles. The molecule has 1 atom stereocenters. The standard InChI is InChI=1S/C18H22F2N4O/c1-23(17-6-3-9-21-22-17)13-7-10-24(11-8-13)12-16(25)18-14(19)4-2-5-15(18)20/h2-6,9,13,16,25H,7-8,10-12H2,1H3. The molecule has 7 heteroatoms. The highest BCUT2D eigenvalue weighted by Gasteiger charge is 2.26. The van der Waals surface area contributed by atoms with Crippen LogP contribution in [-0.4, -0.2) is 52.9 Å². The molecule has 1 saturated heterocycles. The molecule has 2 aromatic rings. The normalized spacial score (nSPS) is 17.4. The lowest BCUT2D eigenvalue weighted by Crippen LogP contribution is -2.45. The van der Waals surface area contributed by atoms with Crippen molar-refractivity contribution in [1.29, 1.82) is 0 Å². The molecule has 0 amide bonds. The summed E-state index contributed by atoms with van der Waals surface area (Å²) < 4.78 is 27.5. The molecule has 1 N–H and O–H groups in total. The number of β-amino-alcohol motifs (C(OH)–C–C–N with tert-alkyl or cyclic N) is 1. The van der Waals surface area contributed by atoms with E-state index >= 15 is 0 Å². The van der Waals surface area contributed by atoms with Gasteiger partial charge in [-0.1, -0.05) is 6.07 Å². The third kappa shape index (κ3) is 4.11. The van der Waals surface area contributed by atoms with Crippen LogP contribution in [0.15, 0.2) is 36.5 Å². The lowest BCUT2D eigenvalue weighted by molar-refractivity contribution is 0.0920. The van der Waals surface area contributed by atoms with E-state index in [2.05, 4.69) is 15.1 Å². The molecule has 5 nitrogen and oxygen atoms in total. The maximum absolute atomic E-state index is 13.8. The van der Waals surface area contributed by atoms with E-state index in [0.29, 0.717) is 6.04 Å². The first-order valence-electron chi connectivity index (χ1n) is 8.41. The number of benzene rings is 1. The van der Waals surface area contributed by atoms with Crippen molar-refractivity contribution in [2.75, 3.05) is 31.6 Å². The Morgan fingerprint density at radius 3 is 2.48 bits per heavy atom. The van der Waals surface area contributed by atoms with Gasteiger partial charge >= 0.3 is 0 Å². The second-order valence-corrected chi connectivity index (χ2v) is 6.38. The maximum Gasteiger partial charge on any atom is 0.151 e. The van der Waals surface area contributed by atoms with Crippen molar-refractivity contribution in [3.05, 3.63) is 53.7 Å². The third-order valence-electron chi connectivity index (χ3n) is 4.79. The number of rotatable bonds is 5. The van der Waals surface area contributed by atoms with Gasteiger partial charge < -0.3 is 14.9 Å². The van der Waals surface area contributed by atoms with Gasteiger partial charge in [-0.25, -0.2) is 8.78 Å². The van der Waals surface area contributed by atoms with Gasteiger partial charge in [0, 0.05) is 38.9 Å². The highest BCUT2D eigenvalue weighted by Crippen LogP contribution is 2.24. The first kappa shape index (κ1) is 17.7. The van der Waals surface area contributed by atoms with Crippen molar-refractivity contribution in [2.45, 2.75) is 25.0 Å². The van der Waals surface area contributed by atoms with Crippen molar-refractivity contribution in [2.24, 2.45) is 0 Å². The summed E-state index contributed by atoms with van der Waals surface area (Å²) in [6.45, 7) is 1.73. The highest BCUT2D eigenvalue weighted by atomic mass is 19.1. The van der Waals surface area contributed by atoms with Crippen LogP contribution in [0.3, 0.4) is 0 Å². The maximum atomic E-state index is 13.8. The van der Waals surface area contributed by atoms with Crippen LogP contribution in [0.1, 0.15) is 24.5 Å². The summed E-state index contributed by atoms with van der Waals surface area (Å²) in [5, 5.41) is 18.3. The van der Waals surface area contributed by atoms with E-state index in [0.717, 1.165) is 31.7 Å². The van der Waals surface area contributed by atoms with Gasteiger partial charge in [0.05, 0.1) is 11.7 Å². The number of nitrogens with zero attached hydrogens (tertiary/aromatic N) is 4. The van der Waals surface area contributed by atoms with Crippen LogP contribution in [0.4, 0.5) is 14.6 Å². The van der Waals surface area contributed by atoms with Crippen LogP contribution in [0, 0.1) is 11.6 Å². The van der Waals surface area contributed by atoms with Crippen LogP contribution in [-0.2, 0) is 0 Å². The zero-order valence-electron chi connectivity index (χ0n) is 14.1. The molecule has 0 spiro atoms. The Morgan fingerprint density at radius 2 is 1.88 bits per heavy atom. The number of aromatic nitrogens is 2. The second kappa shape index (κ2) is 7.84. The van der Waals surface area contributed by atoms with Crippen molar-refractivity contribution in [3.63, 3.8) is 0 Å². The highest BCUT2D eigenvalue weighted by molar-refractivity contribution is 5.36. The van der Waals surface area contributed by atoms with Crippen molar-refractivity contribution in [1.82, 2.24) is 15.1 Å². The molecule has 0 bridgehead atoms. The van der Waals surface area contributed by atoms with Crippen LogP contribution < -0.4 is 4.90 Å². The first-order chi connectivity index (χ1) is 12.1. The molecule has 1 aromatic heterocycles. The summed E-state index contributed by atoms with van der Waals surface area (Å²) in [5.74, 6) is -0.580. The molecule has 1 unspecified atom stereocenters. The number of hydrogen-bond acceptors (Lipinski definition) is 5. The molecule has 1 aliphatic heterocycles. The van der Waals surface area contributed by atoms with Gasteiger partial charge in [-0.05, 0) is 37.1 Å². The Hall–Kier alpha value is -2.12. The van der Waals surface area contributed by atoms with Gasteiger partial charge in [-0.3, -0.25) is 0 Å². The summed E-state index contributed by atoms with van der Waals surface area (Å²) in [6, 6.07) is 7.75. The monoisotopic (exact) mass is 348 g/mol. The molecule has 134 valence electrons. The molecule has 1 fully saturated rings. The first-order valence-corrected chi connectivity index (χ1v) is 8.41. The van der Waals surface area contributed by atoms with Gasteiger partial charge in [0.1, 0.15) is 11.6 Å². The van der Waals surface area contributed by atoms with Gasteiger partial charge in [0.15, 0.2) is 5.82 Å². The van der Waals surface area contributed by atoms with E-state index in [-0.39, 0.29) is 12.1 Å². The molecule has 3 rings (SSSR count). The smallest absolute Gasteiger partial charge is 0.151 e. The third-order valence-corrected chi connectivity index (χ3v) is 4.79. The fourth-order valence-corrected chi connectivity index (χ4v) is 3.32. The predicted octanol–water partition coefficient (Wildman–Crippen LogP) is 2.39.